The predicted molar refractivity (Wildman–Crippen MR) is 98.6 cm³/mol. The summed E-state index contributed by atoms with van der Waals surface area (Å²) < 4.78 is 10.6. The average Bonchev–Trinajstić information content (AvgIpc) is 3.13. The number of carbonyl (C=O) groups excluding carboxylic acids is 2. The molecule has 2 rings (SSSR count). The highest BCUT2D eigenvalue weighted by Gasteiger charge is 2.24. The van der Waals surface area contributed by atoms with Gasteiger partial charge < -0.3 is 19.8 Å². The van der Waals surface area contributed by atoms with Crippen molar-refractivity contribution < 1.29 is 18.7 Å². The van der Waals surface area contributed by atoms with Crippen molar-refractivity contribution in [3.05, 3.63) is 54.0 Å². The van der Waals surface area contributed by atoms with Gasteiger partial charge in [-0.1, -0.05) is 26.0 Å². The summed E-state index contributed by atoms with van der Waals surface area (Å²) in [4.78, 5) is 24.7. The van der Waals surface area contributed by atoms with E-state index < -0.39 is 6.04 Å². The van der Waals surface area contributed by atoms with Gasteiger partial charge in [-0.15, -0.1) is 0 Å². The van der Waals surface area contributed by atoms with Crippen molar-refractivity contribution in [2.24, 2.45) is 5.92 Å². The summed E-state index contributed by atoms with van der Waals surface area (Å²) in [5, 5.41) is 5.62. The Bertz CT molecular complexity index is 693. The van der Waals surface area contributed by atoms with E-state index in [0.29, 0.717) is 18.9 Å². The maximum absolute atomic E-state index is 12.4. The van der Waals surface area contributed by atoms with Crippen LogP contribution >= 0.6 is 0 Å². The second-order valence-corrected chi connectivity index (χ2v) is 6.34. The van der Waals surface area contributed by atoms with Crippen molar-refractivity contribution in [2.45, 2.75) is 39.8 Å². The van der Waals surface area contributed by atoms with Crippen LogP contribution < -0.4 is 15.4 Å². The minimum Gasteiger partial charge on any atom is -0.494 e. The summed E-state index contributed by atoms with van der Waals surface area (Å²) in [5.74, 6) is 0.990. The molecule has 2 N–H and O–H groups in total. The Balaban J connectivity index is 1.89. The van der Waals surface area contributed by atoms with E-state index >= 15 is 0 Å². The molecule has 6 nitrogen and oxygen atoms in total. The molecular formula is C20H26N2O4. The Morgan fingerprint density at radius 3 is 2.46 bits per heavy atom. The first-order valence-electron chi connectivity index (χ1n) is 8.80. The third-order valence-corrected chi connectivity index (χ3v) is 3.88. The minimum absolute atomic E-state index is 0.0316. The molecule has 1 atom stereocenters. The van der Waals surface area contributed by atoms with Gasteiger partial charge in [0.25, 0.3) is 0 Å². The molecule has 0 spiro atoms. The van der Waals surface area contributed by atoms with Crippen LogP contribution in [0.25, 0.3) is 0 Å². The Labute approximate surface area is 153 Å². The van der Waals surface area contributed by atoms with Gasteiger partial charge in [-0.2, -0.15) is 0 Å². The van der Waals surface area contributed by atoms with Crippen molar-refractivity contribution in [3.8, 4) is 5.75 Å². The van der Waals surface area contributed by atoms with Gasteiger partial charge in [0.1, 0.15) is 17.6 Å². The Morgan fingerprint density at radius 1 is 1.15 bits per heavy atom. The zero-order valence-corrected chi connectivity index (χ0v) is 15.5. The highest BCUT2D eigenvalue weighted by Crippen LogP contribution is 2.13. The van der Waals surface area contributed by atoms with Crippen LogP contribution in [0.2, 0.25) is 0 Å². The highest BCUT2D eigenvalue weighted by molar-refractivity contribution is 5.88. The lowest BCUT2D eigenvalue weighted by molar-refractivity contribution is -0.129. The van der Waals surface area contributed by atoms with Gasteiger partial charge in [0.2, 0.25) is 11.8 Å². The SMILES string of the molecule is CCOc1ccc(CC(=O)N[C@@H](C(=O)NCc2ccco2)C(C)C)cc1. The summed E-state index contributed by atoms with van der Waals surface area (Å²) in [6.45, 7) is 6.61. The molecule has 0 saturated carbocycles. The van der Waals surface area contributed by atoms with Crippen molar-refractivity contribution in [2.75, 3.05) is 6.61 Å². The lowest BCUT2D eigenvalue weighted by Gasteiger charge is -2.21. The average molecular weight is 358 g/mol. The number of carbonyl (C=O) groups is 2. The highest BCUT2D eigenvalue weighted by atomic mass is 16.5. The number of benzene rings is 1. The van der Waals surface area contributed by atoms with E-state index in [2.05, 4.69) is 10.6 Å². The number of hydrogen-bond donors (Lipinski definition) is 2. The molecule has 1 aromatic heterocycles. The number of amides is 2. The number of hydrogen-bond acceptors (Lipinski definition) is 4. The van der Waals surface area contributed by atoms with Crippen LogP contribution in [0.4, 0.5) is 0 Å². The van der Waals surface area contributed by atoms with Crippen LogP contribution in [0.5, 0.6) is 5.75 Å². The largest absolute Gasteiger partial charge is 0.494 e. The third-order valence-electron chi connectivity index (χ3n) is 3.88. The second-order valence-electron chi connectivity index (χ2n) is 6.34. The van der Waals surface area contributed by atoms with E-state index in [1.165, 1.54) is 0 Å². The summed E-state index contributed by atoms with van der Waals surface area (Å²) in [5.41, 5.74) is 0.865. The van der Waals surface area contributed by atoms with E-state index in [1.807, 2.05) is 45.0 Å². The fourth-order valence-corrected chi connectivity index (χ4v) is 2.51. The van der Waals surface area contributed by atoms with Gasteiger partial charge >= 0.3 is 0 Å². The predicted octanol–water partition coefficient (Wildman–Crippen LogP) is 2.68. The maximum atomic E-state index is 12.4. The summed E-state index contributed by atoms with van der Waals surface area (Å²) >= 11 is 0. The van der Waals surface area contributed by atoms with Crippen LogP contribution in [-0.2, 0) is 22.6 Å². The number of ether oxygens (including phenoxy) is 1. The van der Waals surface area contributed by atoms with Gasteiger partial charge in [0.15, 0.2) is 0 Å². The molecular weight excluding hydrogens is 332 g/mol. The lowest BCUT2D eigenvalue weighted by atomic mass is 10.0. The first-order chi connectivity index (χ1) is 12.5. The normalized spacial score (nSPS) is 11.8. The standard InChI is InChI=1S/C20H26N2O4/c1-4-25-16-9-7-15(8-10-16)12-18(23)22-19(14(2)3)20(24)21-13-17-6-5-11-26-17/h5-11,14,19H,4,12-13H2,1-3H3,(H,21,24)(H,22,23)/t19-/m1/s1. The van der Waals surface area contributed by atoms with Crippen molar-refractivity contribution in [1.29, 1.82) is 0 Å². The smallest absolute Gasteiger partial charge is 0.243 e. The van der Waals surface area contributed by atoms with Crippen LogP contribution in [-0.4, -0.2) is 24.5 Å². The second kappa shape index (κ2) is 9.65. The van der Waals surface area contributed by atoms with Gasteiger partial charge in [-0.25, -0.2) is 0 Å². The molecule has 0 saturated heterocycles. The van der Waals surface area contributed by atoms with Gasteiger partial charge in [0.05, 0.1) is 25.8 Å². The molecule has 2 aromatic rings. The molecule has 1 aromatic carbocycles. The van der Waals surface area contributed by atoms with E-state index in [1.54, 1.807) is 18.4 Å². The number of nitrogens with one attached hydrogen (secondary N) is 2. The molecule has 0 aliphatic heterocycles. The molecule has 0 aliphatic carbocycles. The van der Waals surface area contributed by atoms with Crippen molar-refractivity contribution in [3.63, 3.8) is 0 Å². The summed E-state index contributed by atoms with van der Waals surface area (Å²) in [6.07, 6.45) is 1.76. The molecule has 0 fully saturated rings. The zero-order chi connectivity index (χ0) is 18.9. The van der Waals surface area contributed by atoms with Crippen LogP contribution in [0.3, 0.4) is 0 Å². The first kappa shape index (κ1) is 19.6. The number of furan rings is 1. The Morgan fingerprint density at radius 2 is 1.88 bits per heavy atom. The quantitative estimate of drug-likeness (QED) is 0.722. The van der Waals surface area contributed by atoms with Crippen LogP contribution in [0, 0.1) is 5.92 Å². The molecule has 2 amide bonds. The molecule has 0 aliphatic rings. The molecule has 0 bridgehead atoms. The summed E-state index contributed by atoms with van der Waals surface area (Å²) in [7, 11) is 0. The fourth-order valence-electron chi connectivity index (χ4n) is 2.51. The van der Waals surface area contributed by atoms with E-state index in [-0.39, 0.29) is 24.2 Å². The van der Waals surface area contributed by atoms with E-state index in [4.69, 9.17) is 9.15 Å². The Kier molecular flexibility index (Phi) is 7.26. The lowest BCUT2D eigenvalue weighted by Crippen LogP contribution is -2.49. The van der Waals surface area contributed by atoms with Gasteiger partial charge in [-0.05, 0) is 42.7 Å². The number of rotatable bonds is 9. The van der Waals surface area contributed by atoms with Gasteiger partial charge in [-0.3, -0.25) is 9.59 Å². The maximum Gasteiger partial charge on any atom is 0.243 e. The molecule has 6 heteroatoms. The van der Waals surface area contributed by atoms with E-state index in [9.17, 15) is 9.59 Å². The molecule has 140 valence electrons. The molecule has 0 radical (unpaired) electrons. The Hall–Kier alpha value is -2.76. The third kappa shape index (κ3) is 5.95. The molecule has 26 heavy (non-hydrogen) atoms. The van der Waals surface area contributed by atoms with Crippen LogP contribution in [0.1, 0.15) is 32.1 Å². The molecule has 0 unspecified atom stereocenters. The van der Waals surface area contributed by atoms with Crippen molar-refractivity contribution in [1.82, 2.24) is 10.6 Å². The fraction of sp³-hybridized carbons (Fsp3) is 0.400. The van der Waals surface area contributed by atoms with Crippen molar-refractivity contribution >= 4 is 11.8 Å². The zero-order valence-electron chi connectivity index (χ0n) is 15.5. The first-order valence-corrected chi connectivity index (χ1v) is 8.80. The summed E-state index contributed by atoms with van der Waals surface area (Å²) in [6, 6.07) is 10.3. The van der Waals surface area contributed by atoms with Gasteiger partial charge in [0, 0.05) is 0 Å². The topological polar surface area (TPSA) is 80.6 Å². The van der Waals surface area contributed by atoms with E-state index in [0.717, 1.165) is 11.3 Å². The van der Waals surface area contributed by atoms with Crippen LogP contribution in [0.15, 0.2) is 47.1 Å². The monoisotopic (exact) mass is 358 g/mol. The molecule has 1 heterocycles. The minimum atomic E-state index is -0.597.